The number of nitrogens with two attached hydrogens (primary N) is 1. The standard InChI is InChI=1S/C16H20N2O2S/c1-18(12-16-9-5-8-15(10-16)11-17)21(19,20)13-14-6-3-2-4-7-14/h2-10H,11-13,17H2,1H3. The van der Waals surface area contributed by atoms with Crippen LogP contribution in [-0.4, -0.2) is 19.8 Å². The van der Waals surface area contributed by atoms with Gasteiger partial charge in [0.15, 0.2) is 0 Å². The summed E-state index contributed by atoms with van der Waals surface area (Å²) >= 11 is 0. The van der Waals surface area contributed by atoms with Crippen molar-refractivity contribution in [3.63, 3.8) is 0 Å². The number of rotatable bonds is 6. The molecule has 0 bridgehead atoms. The maximum Gasteiger partial charge on any atom is 0.218 e. The number of hydrogen-bond donors (Lipinski definition) is 1. The molecule has 0 atom stereocenters. The molecule has 0 radical (unpaired) electrons. The molecule has 5 heteroatoms. The van der Waals surface area contributed by atoms with Gasteiger partial charge in [-0.25, -0.2) is 12.7 Å². The summed E-state index contributed by atoms with van der Waals surface area (Å²) in [6.07, 6.45) is 0. The first-order chi connectivity index (χ1) is 10.0. The van der Waals surface area contributed by atoms with E-state index < -0.39 is 10.0 Å². The zero-order valence-electron chi connectivity index (χ0n) is 12.1. The van der Waals surface area contributed by atoms with Crippen LogP contribution in [0.4, 0.5) is 0 Å². The molecule has 0 heterocycles. The Bertz CT molecular complexity index is 684. The second kappa shape index (κ2) is 6.85. The minimum absolute atomic E-state index is 0.0148. The van der Waals surface area contributed by atoms with Gasteiger partial charge in [-0.15, -0.1) is 0 Å². The van der Waals surface area contributed by atoms with E-state index in [-0.39, 0.29) is 5.75 Å². The van der Waals surface area contributed by atoms with Crippen LogP contribution in [0, 0.1) is 0 Å². The lowest BCUT2D eigenvalue weighted by Gasteiger charge is -2.17. The summed E-state index contributed by atoms with van der Waals surface area (Å²) in [5, 5.41) is 0. The van der Waals surface area contributed by atoms with Crippen molar-refractivity contribution >= 4 is 10.0 Å². The molecule has 4 nitrogen and oxygen atoms in total. The first kappa shape index (κ1) is 15.7. The summed E-state index contributed by atoms with van der Waals surface area (Å²) in [5.74, 6) is 0.0148. The third kappa shape index (κ3) is 4.39. The molecule has 0 amide bonds. The van der Waals surface area contributed by atoms with E-state index in [4.69, 9.17) is 5.73 Å². The van der Waals surface area contributed by atoms with Crippen molar-refractivity contribution in [2.24, 2.45) is 5.73 Å². The average Bonchev–Trinajstić information content (AvgIpc) is 2.48. The Morgan fingerprint density at radius 1 is 0.952 bits per heavy atom. The summed E-state index contributed by atoms with van der Waals surface area (Å²) in [6, 6.07) is 16.9. The summed E-state index contributed by atoms with van der Waals surface area (Å²) < 4.78 is 26.1. The molecule has 112 valence electrons. The highest BCUT2D eigenvalue weighted by atomic mass is 32.2. The molecule has 0 aliphatic rings. The lowest BCUT2D eigenvalue weighted by Crippen LogP contribution is -2.27. The Morgan fingerprint density at radius 3 is 2.24 bits per heavy atom. The smallest absolute Gasteiger partial charge is 0.218 e. The lowest BCUT2D eigenvalue weighted by atomic mass is 10.1. The van der Waals surface area contributed by atoms with Gasteiger partial charge in [0.25, 0.3) is 0 Å². The van der Waals surface area contributed by atoms with Gasteiger partial charge in [-0.05, 0) is 16.7 Å². The van der Waals surface area contributed by atoms with E-state index in [2.05, 4.69) is 0 Å². The van der Waals surface area contributed by atoms with Gasteiger partial charge in [0.2, 0.25) is 10.0 Å². The van der Waals surface area contributed by atoms with Crippen LogP contribution in [0.15, 0.2) is 54.6 Å². The molecular weight excluding hydrogens is 284 g/mol. The van der Waals surface area contributed by atoms with Crippen molar-refractivity contribution in [1.29, 1.82) is 0 Å². The number of sulfonamides is 1. The molecular formula is C16H20N2O2S. The molecule has 0 fully saturated rings. The Kier molecular flexibility index (Phi) is 5.12. The molecule has 0 saturated heterocycles. The SMILES string of the molecule is CN(Cc1cccc(CN)c1)S(=O)(=O)Cc1ccccc1. The fourth-order valence-corrected chi connectivity index (χ4v) is 3.29. The average molecular weight is 304 g/mol. The molecule has 0 spiro atoms. The minimum atomic E-state index is -3.33. The molecule has 2 rings (SSSR count). The van der Waals surface area contributed by atoms with E-state index in [0.29, 0.717) is 13.1 Å². The molecule has 0 aromatic heterocycles. The van der Waals surface area contributed by atoms with Gasteiger partial charge < -0.3 is 5.73 Å². The highest BCUT2D eigenvalue weighted by Crippen LogP contribution is 2.13. The van der Waals surface area contributed by atoms with Crippen molar-refractivity contribution < 1.29 is 8.42 Å². The van der Waals surface area contributed by atoms with Crippen LogP contribution in [0.2, 0.25) is 0 Å². The summed E-state index contributed by atoms with van der Waals surface area (Å²) in [7, 11) is -1.72. The van der Waals surface area contributed by atoms with Gasteiger partial charge in [-0.2, -0.15) is 0 Å². The van der Waals surface area contributed by atoms with E-state index in [1.165, 1.54) is 4.31 Å². The van der Waals surface area contributed by atoms with Crippen molar-refractivity contribution in [3.05, 3.63) is 71.3 Å². The van der Waals surface area contributed by atoms with Gasteiger partial charge in [0.05, 0.1) is 5.75 Å². The van der Waals surface area contributed by atoms with Crippen LogP contribution >= 0.6 is 0 Å². The second-order valence-corrected chi connectivity index (χ2v) is 7.10. The first-order valence-electron chi connectivity index (χ1n) is 6.77. The van der Waals surface area contributed by atoms with E-state index in [1.807, 2.05) is 54.6 Å². The van der Waals surface area contributed by atoms with Crippen LogP contribution in [-0.2, 0) is 28.9 Å². The molecule has 0 aliphatic carbocycles. The number of nitrogens with zero attached hydrogens (tertiary/aromatic N) is 1. The van der Waals surface area contributed by atoms with Crippen molar-refractivity contribution in [3.8, 4) is 0 Å². The van der Waals surface area contributed by atoms with Crippen molar-refractivity contribution in [2.75, 3.05) is 7.05 Å². The Hall–Kier alpha value is -1.69. The predicted octanol–water partition coefficient (Wildman–Crippen LogP) is 2.11. The van der Waals surface area contributed by atoms with Crippen molar-refractivity contribution in [2.45, 2.75) is 18.8 Å². The lowest BCUT2D eigenvalue weighted by molar-refractivity contribution is 0.465. The van der Waals surface area contributed by atoms with E-state index in [0.717, 1.165) is 16.7 Å². The zero-order chi connectivity index (χ0) is 15.3. The predicted molar refractivity (Wildman–Crippen MR) is 84.9 cm³/mol. The fraction of sp³-hybridized carbons (Fsp3) is 0.250. The number of benzene rings is 2. The Balaban J connectivity index is 2.09. The molecule has 0 saturated carbocycles. The highest BCUT2D eigenvalue weighted by molar-refractivity contribution is 7.88. The van der Waals surface area contributed by atoms with Crippen LogP contribution < -0.4 is 5.73 Å². The minimum Gasteiger partial charge on any atom is -0.326 e. The molecule has 2 N–H and O–H groups in total. The van der Waals surface area contributed by atoms with Gasteiger partial charge in [-0.1, -0.05) is 54.6 Å². The van der Waals surface area contributed by atoms with E-state index in [9.17, 15) is 8.42 Å². The maximum absolute atomic E-state index is 12.4. The van der Waals surface area contributed by atoms with Crippen molar-refractivity contribution in [1.82, 2.24) is 4.31 Å². The Morgan fingerprint density at radius 2 is 1.57 bits per heavy atom. The van der Waals surface area contributed by atoms with Crippen LogP contribution in [0.25, 0.3) is 0 Å². The van der Waals surface area contributed by atoms with Gasteiger partial charge >= 0.3 is 0 Å². The van der Waals surface area contributed by atoms with Gasteiger partial charge in [0, 0.05) is 20.1 Å². The van der Waals surface area contributed by atoms with Gasteiger partial charge in [0.1, 0.15) is 0 Å². The topological polar surface area (TPSA) is 63.4 Å². The second-order valence-electron chi connectivity index (χ2n) is 5.02. The van der Waals surface area contributed by atoms with Gasteiger partial charge in [-0.3, -0.25) is 0 Å². The molecule has 2 aromatic carbocycles. The third-order valence-corrected chi connectivity index (χ3v) is 5.08. The molecule has 21 heavy (non-hydrogen) atoms. The molecule has 2 aromatic rings. The third-order valence-electron chi connectivity index (χ3n) is 3.30. The Labute approximate surface area is 126 Å². The molecule has 0 unspecified atom stereocenters. The fourth-order valence-electron chi connectivity index (χ4n) is 2.11. The zero-order valence-corrected chi connectivity index (χ0v) is 12.9. The van der Waals surface area contributed by atoms with E-state index >= 15 is 0 Å². The molecule has 0 aliphatic heterocycles. The van der Waals surface area contributed by atoms with Crippen LogP contribution in [0.1, 0.15) is 16.7 Å². The highest BCUT2D eigenvalue weighted by Gasteiger charge is 2.18. The first-order valence-corrected chi connectivity index (χ1v) is 8.38. The monoisotopic (exact) mass is 304 g/mol. The normalized spacial score (nSPS) is 11.8. The van der Waals surface area contributed by atoms with Crippen LogP contribution in [0.3, 0.4) is 0 Å². The maximum atomic E-state index is 12.4. The summed E-state index contributed by atoms with van der Waals surface area (Å²) in [5.41, 5.74) is 8.34. The largest absolute Gasteiger partial charge is 0.326 e. The summed E-state index contributed by atoms with van der Waals surface area (Å²) in [4.78, 5) is 0. The summed E-state index contributed by atoms with van der Waals surface area (Å²) in [6.45, 7) is 0.803. The van der Waals surface area contributed by atoms with Crippen LogP contribution in [0.5, 0.6) is 0 Å². The number of hydrogen-bond acceptors (Lipinski definition) is 3. The quantitative estimate of drug-likeness (QED) is 0.889. The van der Waals surface area contributed by atoms with E-state index in [1.54, 1.807) is 7.05 Å².